The van der Waals surface area contributed by atoms with Crippen LogP contribution in [-0.4, -0.2) is 22.1 Å². The number of benzene rings is 1. The van der Waals surface area contributed by atoms with Crippen molar-refractivity contribution < 1.29 is 18.6 Å². The van der Waals surface area contributed by atoms with Crippen LogP contribution in [0.3, 0.4) is 0 Å². The molecule has 8 heteroatoms. The number of hydrogen-bond donors (Lipinski definition) is 2. The quantitative estimate of drug-likeness (QED) is 0.594. The maximum absolute atomic E-state index is 12.8. The van der Waals surface area contributed by atoms with Crippen molar-refractivity contribution in [2.45, 2.75) is 62.8 Å². The van der Waals surface area contributed by atoms with E-state index in [0.29, 0.717) is 17.5 Å². The molecular weight excluding hydrogens is 408 g/mol. The Balaban J connectivity index is 1.17. The summed E-state index contributed by atoms with van der Waals surface area (Å²) in [5.41, 5.74) is 4.56. The fraction of sp³-hybridized carbons (Fsp3) is 0.417. The molecule has 3 aliphatic rings. The third-order valence-electron chi connectivity index (χ3n) is 6.52. The van der Waals surface area contributed by atoms with Crippen LogP contribution >= 0.6 is 0 Å². The monoisotopic (exact) mass is 432 g/mol. The molecule has 2 aromatic heterocycles. The van der Waals surface area contributed by atoms with Gasteiger partial charge in [-0.3, -0.25) is 9.59 Å². The zero-order valence-electron chi connectivity index (χ0n) is 17.6. The summed E-state index contributed by atoms with van der Waals surface area (Å²) in [5.74, 6) is 0.747. The molecule has 1 atom stereocenters. The first kappa shape index (κ1) is 19.3. The van der Waals surface area contributed by atoms with E-state index < -0.39 is 0 Å². The summed E-state index contributed by atoms with van der Waals surface area (Å²) in [6.45, 7) is 0. The third kappa shape index (κ3) is 3.81. The van der Waals surface area contributed by atoms with E-state index in [1.165, 1.54) is 5.56 Å². The van der Waals surface area contributed by atoms with Gasteiger partial charge in [-0.05, 0) is 68.2 Å². The van der Waals surface area contributed by atoms with E-state index in [2.05, 4.69) is 20.9 Å². The number of nitrogens with zero attached hydrogens (tertiary/aromatic N) is 2. The van der Waals surface area contributed by atoms with Crippen LogP contribution in [0.5, 0.6) is 0 Å². The Morgan fingerprint density at radius 3 is 2.16 bits per heavy atom. The van der Waals surface area contributed by atoms with Crippen LogP contribution in [0.2, 0.25) is 0 Å². The number of nitrogens with one attached hydrogen (secondary N) is 2. The summed E-state index contributed by atoms with van der Waals surface area (Å²) in [6.07, 6.45) is 7.16. The van der Waals surface area contributed by atoms with Crippen LogP contribution in [0, 0.1) is 0 Å². The number of hydrogen-bond acceptors (Lipinski definition) is 6. The fourth-order valence-electron chi connectivity index (χ4n) is 4.38. The molecule has 0 saturated heterocycles. The van der Waals surface area contributed by atoms with Crippen LogP contribution in [0.15, 0.2) is 39.4 Å². The van der Waals surface area contributed by atoms with E-state index in [1.807, 2.05) is 18.2 Å². The van der Waals surface area contributed by atoms with E-state index in [9.17, 15) is 9.59 Å². The first-order chi connectivity index (χ1) is 15.6. The average Bonchev–Trinajstić information content (AvgIpc) is 3.73. The molecule has 2 saturated carbocycles. The summed E-state index contributed by atoms with van der Waals surface area (Å²) >= 11 is 0. The third-order valence-corrected chi connectivity index (χ3v) is 6.52. The van der Waals surface area contributed by atoms with Crippen molar-refractivity contribution >= 4 is 17.5 Å². The van der Waals surface area contributed by atoms with Crippen LogP contribution in [0.4, 0.5) is 5.69 Å². The molecule has 164 valence electrons. The molecule has 8 nitrogen and oxygen atoms in total. The first-order valence-corrected chi connectivity index (χ1v) is 11.3. The highest BCUT2D eigenvalue weighted by Crippen LogP contribution is 2.40. The lowest BCUT2D eigenvalue weighted by atomic mass is 9.87. The Hall–Kier alpha value is -3.42. The highest BCUT2D eigenvalue weighted by molar-refractivity contribution is 6.02. The van der Waals surface area contributed by atoms with E-state index in [4.69, 9.17) is 9.05 Å². The molecule has 0 bridgehead atoms. The summed E-state index contributed by atoms with van der Waals surface area (Å²) in [5, 5.41) is 14.0. The molecule has 3 aliphatic carbocycles. The van der Waals surface area contributed by atoms with Gasteiger partial charge in [-0.2, -0.15) is 0 Å². The lowest BCUT2D eigenvalue weighted by Crippen LogP contribution is -2.31. The Labute approximate surface area is 184 Å². The van der Waals surface area contributed by atoms with Crippen molar-refractivity contribution in [1.82, 2.24) is 15.6 Å². The van der Waals surface area contributed by atoms with Crippen molar-refractivity contribution in [3.8, 4) is 0 Å². The average molecular weight is 432 g/mol. The van der Waals surface area contributed by atoms with Crippen molar-refractivity contribution in [3.05, 3.63) is 64.4 Å². The summed E-state index contributed by atoms with van der Waals surface area (Å²) in [6, 6.07) is 9.16. The van der Waals surface area contributed by atoms with E-state index in [0.717, 1.165) is 61.9 Å². The zero-order chi connectivity index (χ0) is 21.7. The Morgan fingerprint density at radius 1 is 0.844 bits per heavy atom. The van der Waals surface area contributed by atoms with Gasteiger partial charge in [0.15, 0.2) is 0 Å². The van der Waals surface area contributed by atoms with E-state index in [1.54, 1.807) is 12.1 Å². The number of fused-ring (bicyclic) bond motifs is 1. The SMILES string of the molecule is O=C(Nc1ccc2c(c1)C(NC(=O)c1cc(C3CC3)no1)CCC2)c1cc(C2CC2)no1. The van der Waals surface area contributed by atoms with Gasteiger partial charge in [0, 0.05) is 29.7 Å². The van der Waals surface area contributed by atoms with Gasteiger partial charge in [0.25, 0.3) is 11.8 Å². The van der Waals surface area contributed by atoms with Crippen molar-refractivity contribution in [2.75, 3.05) is 5.32 Å². The fourth-order valence-corrected chi connectivity index (χ4v) is 4.38. The van der Waals surface area contributed by atoms with Crippen LogP contribution < -0.4 is 10.6 Å². The minimum absolute atomic E-state index is 0.149. The Morgan fingerprint density at radius 2 is 1.50 bits per heavy atom. The molecule has 0 aliphatic heterocycles. The van der Waals surface area contributed by atoms with Gasteiger partial charge in [0.05, 0.1) is 17.4 Å². The van der Waals surface area contributed by atoms with Gasteiger partial charge in [0.1, 0.15) is 0 Å². The lowest BCUT2D eigenvalue weighted by Gasteiger charge is -2.26. The standard InChI is InChI=1S/C24H24N4O4/c29-23(21-11-19(27-31-21)14-4-5-14)25-16-9-8-13-2-1-3-18(17(13)10-16)26-24(30)22-12-20(28-32-22)15-6-7-15/h8-12,14-15,18H,1-7H2,(H,25,29)(H,26,30). The second-order valence-corrected chi connectivity index (χ2v) is 9.07. The Kier molecular flexibility index (Phi) is 4.59. The van der Waals surface area contributed by atoms with Gasteiger partial charge in [-0.1, -0.05) is 16.4 Å². The van der Waals surface area contributed by atoms with E-state index in [-0.39, 0.29) is 29.4 Å². The number of rotatable bonds is 6. The maximum Gasteiger partial charge on any atom is 0.294 e. The molecule has 6 rings (SSSR count). The van der Waals surface area contributed by atoms with Gasteiger partial charge < -0.3 is 19.7 Å². The molecular formula is C24H24N4O4. The normalized spacial score (nSPS) is 19.9. The van der Waals surface area contributed by atoms with Crippen LogP contribution in [0.1, 0.15) is 100 Å². The largest absolute Gasteiger partial charge is 0.351 e. The summed E-state index contributed by atoms with van der Waals surface area (Å²) in [7, 11) is 0. The predicted molar refractivity (Wildman–Crippen MR) is 114 cm³/mol. The smallest absolute Gasteiger partial charge is 0.294 e. The van der Waals surface area contributed by atoms with Crippen molar-refractivity contribution in [1.29, 1.82) is 0 Å². The molecule has 2 heterocycles. The molecule has 3 aromatic rings. The van der Waals surface area contributed by atoms with Crippen LogP contribution in [0.25, 0.3) is 0 Å². The molecule has 2 N–H and O–H groups in total. The lowest BCUT2D eigenvalue weighted by molar-refractivity contribution is 0.0894. The molecule has 2 fully saturated rings. The topological polar surface area (TPSA) is 110 Å². The Bertz CT molecular complexity index is 1190. The molecule has 1 unspecified atom stereocenters. The first-order valence-electron chi connectivity index (χ1n) is 11.3. The summed E-state index contributed by atoms with van der Waals surface area (Å²) in [4.78, 5) is 25.4. The van der Waals surface area contributed by atoms with Gasteiger partial charge in [-0.25, -0.2) is 0 Å². The minimum Gasteiger partial charge on any atom is -0.351 e. The van der Waals surface area contributed by atoms with Crippen LogP contribution in [-0.2, 0) is 6.42 Å². The molecule has 0 spiro atoms. The van der Waals surface area contributed by atoms with Crippen molar-refractivity contribution in [2.24, 2.45) is 0 Å². The van der Waals surface area contributed by atoms with E-state index >= 15 is 0 Å². The highest BCUT2D eigenvalue weighted by Gasteiger charge is 2.30. The zero-order valence-corrected chi connectivity index (χ0v) is 17.6. The van der Waals surface area contributed by atoms with Gasteiger partial charge in [-0.15, -0.1) is 0 Å². The van der Waals surface area contributed by atoms with Crippen molar-refractivity contribution in [3.63, 3.8) is 0 Å². The number of carbonyl (C=O) groups is 2. The second-order valence-electron chi connectivity index (χ2n) is 9.07. The highest BCUT2D eigenvalue weighted by atomic mass is 16.5. The molecule has 32 heavy (non-hydrogen) atoms. The number of amides is 2. The molecule has 1 aromatic carbocycles. The summed E-state index contributed by atoms with van der Waals surface area (Å²) < 4.78 is 10.5. The minimum atomic E-state index is -0.324. The van der Waals surface area contributed by atoms with Gasteiger partial charge in [0.2, 0.25) is 11.5 Å². The number of carbonyl (C=O) groups excluding carboxylic acids is 2. The molecule has 2 amide bonds. The maximum atomic E-state index is 12.8. The number of aromatic nitrogens is 2. The molecule has 0 radical (unpaired) electrons. The predicted octanol–water partition coefficient (Wildman–Crippen LogP) is 4.48. The number of aryl methyl sites for hydroxylation is 1. The second kappa shape index (κ2) is 7.62. The number of anilines is 1. The van der Waals surface area contributed by atoms with Gasteiger partial charge >= 0.3 is 0 Å².